The van der Waals surface area contributed by atoms with E-state index in [0.29, 0.717) is 34.4 Å². The van der Waals surface area contributed by atoms with Gasteiger partial charge in [-0.1, -0.05) is 23.7 Å². The molecular formula is C20H21ClFN3OS2. The molecule has 2 aromatic rings. The Kier molecular flexibility index (Phi) is 7.53. The van der Waals surface area contributed by atoms with Gasteiger partial charge in [0, 0.05) is 53.0 Å². The van der Waals surface area contributed by atoms with Gasteiger partial charge in [-0.2, -0.15) is 11.8 Å². The molecule has 1 fully saturated rings. The summed E-state index contributed by atoms with van der Waals surface area (Å²) in [5.41, 5.74) is 2.25. The average Bonchev–Trinajstić information content (AvgIpc) is 3.10. The van der Waals surface area contributed by atoms with Gasteiger partial charge < -0.3 is 15.5 Å². The van der Waals surface area contributed by atoms with Gasteiger partial charge in [0.15, 0.2) is 5.11 Å². The lowest BCUT2D eigenvalue weighted by molar-refractivity contribution is -0.117. The molecule has 148 valence electrons. The van der Waals surface area contributed by atoms with Crippen LogP contribution in [0.15, 0.2) is 42.5 Å². The van der Waals surface area contributed by atoms with Crippen LogP contribution in [-0.2, 0) is 10.5 Å². The number of carbonyl (C=O) groups excluding carboxylic acids is 1. The highest BCUT2D eigenvalue weighted by Gasteiger charge is 2.21. The number of amides is 1. The lowest BCUT2D eigenvalue weighted by Crippen LogP contribution is -2.30. The second-order valence-electron chi connectivity index (χ2n) is 6.33. The van der Waals surface area contributed by atoms with E-state index in [4.69, 9.17) is 23.8 Å². The molecule has 0 aliphatic carbocycles. The van der Waals surface area contributed by atoms with Gasteiger partial charge in [0.05, 0.1) is 0 Å². The maximum Gasteiger partial charge on any atom is 0.227 e. The zero-order chi connectivity index (χ0) is 19.9. The Morgan fingerprint density at radius 3 is 2.86 bits per heavy atom. The van der Waals surface area contributed by atoms with E-state index in [-0.39, 0.29) is 11.7 Å². The second kappa shape index (κ2) is 10.1. The molecule has 1 aliphatic rings. The molecule has 0 radical (unpaired) electrons. The number of hydrogen-bond donors (Lipinski definition) is 2. The Labute approximate surface area is 178 Å². The molecule has 1 saturated heterocycles. The molecule has 1 amide bonds. The van der Waals surface area contributed by atoms with Crippen molar-refractivity contribution in [2.24, 2.45) is 0 Å². The van der Waals surface area contributed by atoms with Crippen LogP contribution in [0.3, 0.4) is 0 Å². The Bertz CT molecular complexity index is 845. The first-order chi connectivity index (χ1) is 13.5. The van der Waals surface area contributed by atoms with Crippen LogP contribution >= 0.6 is 35.6 Å². The quantitative estimate of drug-likeness (QED) is 0.480. The highest BCUT2D eigenvalue weighted by Crippen LogP contribution is 2.25. The molecule has 1 aliphatic heterocycles. The lowest BCUT2D eigenvalue weighted by atomic mass is 10.2. The van der Waals surface area contributed by atoms with Gasteiger partial charge in [-0.25, -0.2) is 4.39 Å². The minimum Gasteiger partial charge on any atom is -0.362 e. The first kappa shape index (κ1) is 20.9. The summed E-state index contributed by atoms with van der Waals surface area (Å²) in [5, 5.41) is 7.24. The third kappa shape index (κ3) is 5.59. The van der Waals surface area contributed by atoms with Crippen LogP contribution in [0.25, 0.3) is 0 Å². The molecule has 4 nitrogen and oxygen atoms in total. The molecule has 2 N–H and O–H groups in total. The summed E-state index contributed by atoms with van der Waals surface area (Å²) in [4.78, 5) is 13.7. The zero-order valence-electron chi connectivity index (χ0n) is 15.2. The van der Waals surface area contributed by atoms with Gasteiger partial charge in [0.2, 0.25) is 5.91 Å². The first-order valence-electron chi connectivity index (χ1n) is 9.00. The molecule has 8 heteroatoms. The summed E-state index contributed by atoms with van der Waals surface area (Å²) in [5.74, 6) is 1.15. The monoisotopic (exact) mass is 437 g/mol. The maximum absolute atomic E-state index is 13.7. The van der Waals surface area contributed by atoms with Crippen molar-refractivity contribution in [3.05, 3.63) is 58.9 Å². The van der Waals surface area contributed by atoms with Crippen molar-refractivity contribution in [1.29, 1.82) is 0 Å². The summed E-state index contributed by atoms with van der Waals surface area (Å²) in [6, 6.07) is 12.4. The number of nitrogens with one attached hydrogen (secondary N) is 2. The number of carbonyl (C=O) groups is 1. The van der Waals surface area contributed by atoms with E-state index in [1.807, 2.05) is 24.3 Å². The van der Waals surface area contributed by atoms with Gasteiger partial charge >= 0.3 is 0 Å². The van der Waals surface area contributed by atoms with E-state index in [1.54, 1.807) is 28.8 Å². The molecule has 1 heterocycles. The number of halogens is 2. The van der Waals surface area contributed by atoms with Gasteiger partial charge in [-0.3, -0.25) is 4.79 Å². The van der Waals surface area contributed by atoms with Gasteiger partial charge in [0.25, 0.3) is 0 Å². The van der Waals surface area contributed by atoms with Gasteiger partial charge in [-0.05, 0) is 49.0 Å². The molecule has 2 aromatic carbocycles. The molecule has 0 saturated carbocycles. The van der Waals surface area contributed by atoms with Crippen molar-refractivity contribution in [2.75, 3.05) is 29.1 Å². The summed E-state index contributed by atoms with van der Waals surface area (Å²) in [6.07, 6.45) is 1.50. The van der Waals surface area contributed by atoms with Crippen molar-refractivity contribution in [2.45, 2.75) is 18.6 Å². The van der Waals surface area contributed by atoms with Crippen LogP contribution in [-0.4, -0.2) is 29.9 Å². The zero-order valence-corrected chi connectivity index (χ0v) is 17.6. The minimum atomic E-state index is -0.276. The van der Waals surface area contributed by atoms with E-state index in [9.17, 15) is 9.18 Å². The molecule has 0 spiro atoms. The van der Waals surface area contributed by atoms with Crippen LogP contribution in [0.1, 0.15) is 18.4 Å². The van der Waals surface area contributed by atoms with Crippen LogP contribution in [0.5, 0.6) is 0 Å². The van der Waals surface area contributed by atoms with E-state index in [2.05, 4.69) is 10.6 Å². The summed E-state index contributed by atoms with van der Waals surface area (Å²) in [7, 11) is 0. The van der Waals surface area contributed by atoms with Gasteiger partial charge in [0.1, 0.15) is 5.82 Å². The minimum absolute atomic E-state index is 0.157. The molecular weight excluding hydrogens is 417 g/mol. The van der Waals surface area contributed by atoms with Gasteiger partial charge in [-0.15, -0.1) is 0 Å². The predicted molar refractivity (Wildman–Crippen MR) is 120 cm³/mol. The second-order valence-corrected chi connectivity index (χ2v) is 8.25. The van der Waals surface area contributed by atoms with E-state index < -0.39 is 0 Å². The fourth-order valence-corrected chi connectivity index (χ4v) is 4.35. The fraction of sp³-hybridized carbons (Fsp3) is 0.300. The van der Waals surface area contributed by atoms with Crippen molar-refractivity contribution in [3.63, 3.8) is 0 Å². The lowest BCUT2D eigenvalue weighted by Gasteiger charge is -2.17. The largest absolute Gasteiger partial charge is 0.362 e. The van der Waals surface area contributed by atoms with Crippen molar-refractivity contribution >= 4 is 58.0 Å². The van der Waals surface area contributed by atoms with Crippen LogP contribution < -0.4 is 15.5 Å². The summed E-state index contributed by atoms with van der Waals surface area (Å²) in [6.45, 7) is 1.40. The van der Waals surface area contributed by atoms with Crippen LogP contribution in [0.4, 0.5) is 15.8 Å². The first-order valence-corrected chi connectivity index (χ1v) is 10.9. The number of anilines is 2. The smallest absolute Gasteiger partial charge is 0.227 e. The predicted octanol–water partition coefficient (Wildman–Crippen LogP) is 4.83. The van der Waals surface area contributed by atoms with Crippen LogP contribution in [0, 0.1) is 5.82 Å². The Morgan fingerprint density at radius 2 is 2.11 bits per heavy atom. The van der Waals surface area contributed by atoms with E-state index >= 15 is 0 Å². The fourth-order valence-electron chi connectivity index (χ4n) is 2.93. The molecule has 28 heavy (non-hydrogen) atoms. The standard InChI is InChI=1S/C20H21ClFN3OS2/c21-17-6-2-7-18(22)16(17)13-28-11-9-23-20(27)24-14-4-1-5-15(12-14)25-10-3-8-19(25)26/h1-2,4-7,12H,3,8-11,13H2,(H2,23,24,27). The Morgan fingerprint density at radius 1 is 1.29 bits per heavy atom. The number of hydrogen-bond acceptors (Lipinski definition) is 3. The van der Waals surface area contributed by atoms with Crippen molar-refractivity contribution in [1.82, 2.24) is 5.32 Å². The molecule has 0 bridgehead atoms. The highest BCUT2D eigenvalue weighted by molar-refractivity contribution is 7.98. The number of thiocarbonyl (C=S) groups is 1. The number of rotatable bonds is 7. The molecule has 0 atom stereocenters. The van der Waals surface area contributed by atoms with Crippen molar-refractivity contribution in [3.8, 4) is 0 Å². The number of nitrogens with zero attached hydrogens (tertiary/aromatic N) is 1. The average molecular weight is 438 g/mol. The third-order valence-electron chi connectivity index (χ3n) is 4.33. The Hall–Kier alpha value is -1.83. The molecule has 0 aromatic heterocycles. The topological polar surface area (TPSA) is 44.4 Å². The molecule has 3 rings (SSSR count). The summed E-state index contributed by atoms with van der Waals surface area (Å²) < 4.78 is 13.7. The SMILES string of the molecule is O=C1CCCN1c1cccc(NC(=S)NCCSCc2c(F)cccc2Cl)c1. The van der Waals surface area contributed by atoms with E-state index in [0.717, 1.165) is 30.1 Å². The maximum atomic E-state index is 13.7. The Balaban J connectivity index is 1.42. The molecule has 0 unspecified atom stereocenters. The van der Waals surface area contributed by atoms with E-state index in [1.165, 1.54) is 6.07 Å². The normalized spacial score (nSPS) is 13.6. The van der Waals surface area contributed by atoms with Crippen LogP contribution in [0.2, 0.25) is 5.02 Å². The highest BCUT2D eigenvalue weighted by atomic mass is 35.5. The number of benzene rings is 2. The van der Waals surface area contributed by atoms with Crippen molar-refractivity contribution < 1.29 is 9.18 Å². The third-order valence-corrected chi connectivity index (χ3v) is 5.92. The number of thioether (sulfide) groups is 1. The summed E-state index contributed by atoms with van der Waals surface area (Å²) >= 11 is 12.9.